The molecule has 0 saturated heterocycles. The van der Waals surface area contributed by atoms with Gasteiger partial charge in [0, 0.05) is 11.7 Å². The quantitative estimate of drug-likeness (QED) is 0.838. The van der Waals surface area contributed by atoms with E-state index in [0.717, 1.165) is 17.0 Å². The second-order valence-corrected chi connectivity index (χ2v) is 6.07. The number of para-hydroxylation sites is 1. The summed E-state index contributed by atoms with van der Waals surface area (Å²) in [7, 11) is 0. The van der Waals surface area contributed by atoms with Crippen molar-refractivity contribution in [1.29, 1.82) is 0 Å². The number of hydrogen-bond acceptors (Lipinski definition) is 3. The molecule has 1 N–H and O–H groups in total. The van der Waals surface area contributed by atoms with Gasteiger partial charge in [-0.1, -0.05) is 36.9 Å². The number of hydrogen-bond donors (Lipinski definition) is 1. The number of carbonyl (C=O) groups excluding carboxylic acids is 1. The standard InChI is InChI=1S/C20H22N2O2/c1-4-13-24-16-11-9-15(10-12-16)19-21-18-8-6-5-7-17(18)20(23)22(19)14(2)3/h4-12,14,19,21H,1,13H2,2-3H3. The molecule has 0 bridgehead atoms. The zero-order chi connectivity index (χ0) is 17.1. The third-order valence-corrected chi connectivity index (χ3v) is 4.08. The number of nitrogens with zero attached hydrogens (tertiary/aromatic N) is 1. The molecule has 24 heavy (non-hydrogen) atoms. The number of nitrogens with one attached hydrogen (secondary N) is 1. The lowest BCUT2D eigenvalue weighted by Gasteiger charge is -2.40. The number of anilines is 1. The third kappa shape index (κ3) is 3.00. The number of carbonyl (C=O) groups is 1. The average molecular weight is 322 g/mol. The van der Waals surface area contributed by atoms with Crippen LogP contribution >= 0.6 is 0 Å². The molecule has 1 aliphatic rings. The summed E-state index contributed by atoms with van der Waals surface area (Å²) in [6, 6.07) is 15.5. The molecule has 1 amide bonds. The van der Waals surface area contributed by atoms with E-state index in [1.54, 1.807) is 6.08 Å². The van der Waals surface area contributed by atoms with Crippen LogP contribution in [0.25, 0.3) is 0 Å². The molecule has 0 spiro atoms. The van der Waals surface area contributed by atoms with E-state index in [9.17, 15) is 4.79 Å². The molecule has 1 aliphatic heterocycles. The highest BCUT2D eigenvalue weighted by Gasteiger charge is 2.34. The Hall–Kier alpha value is -2.75. The fraction of sp³-hybridized carbons (Fsp3) is 0.250. The number of amides is 1. The van der Waals surface area contributed by atoms with Crippen molar-refractivity contribution in [3.63, 3.8) is 0 Å². The van der Waals surface area contributed by atoms with Crippen LogP contribution in [-0.4, -0.2) is 23.5 Å². The number of ether oxygens (including phenoxy) is 1. The summed E-state index contributed by atoms with van der Waals surface area (Å²) in [5, 5.41) is 3.49. The molecule has 1 heterocycles. The predicted octanol–water partition coefficient (Wildman–Crippen LogP) is 4.23. The molecule has 0 aromatic heterocycles. The van der Waals surface area contributed by atoms with Crippen molar-refractivity contribution in [3.05, 3.63) is 72.3 Å². The second kappa shape index (κ2) is 6.79. The van der Waals surface area contributed by atoms with Crippen molar-refractivity contribution in [2.24, 2.45) is 0 Å². The molecule has 2 aromatic rings. The van der Waals surface area contributed by atoms with Gasteiger partial charge in [0.05, 0.1) is 5.56 Å². The van der Waals surface area contributed by atoms with Crippen molar-refractivity contribution in [2.45, 2.75) is 26.1 Å². The maximum absolute atomic E-state index is 12.9. The molecule has 0 aliphatic carbocycles. The van der Waals surface area contributed by atoms with Gasteiger partial charge in [0.1, 0.15) is 18.5 Å². The molecule has 4 nitrogen and oxygen atoms in total. The first-order valence-corrected chi connectivity index (χ1v) is 8.13. The zero-order valence-corrected chi connectivity index (χ0v) is 14.0. The highest BCUT2D eigenvalue weighted by atomic mass is 16.5. The maximum atomic E-state index is 12.9. The van der Waals surface area contributed by atoms with Crippen molar-refractivity contribution >= 4 is 11.6 Å². The molecular weight excluding hydrogens is 300 g/mol. The normalized spacial score (nSPS) is 16.5. The smallest absolute Gasteiger partial charge is 0.258 e. The fourth-order valence-corrected chi connectivity index (χ4v) is 2.95. The van der Waals surface area contributed by atoms with Crippen LogP contribution in [0.4, 0.5) is 5.69 Å². The van der Waals surface area contributed by atoms with Crippen molar-refractivity contribution in [1.82, 2.24) is 4.90 Å². The predicted molar refractivity (Wildman–Crippen MR) is 96.2 cm³/mol. The first kappa shape index (κ1) is 16.1. The van der Waals surface area contributed by atoms with E-state index in [1.807, 2.05) is 67.3 Å². The summed E-state index contributed by atoms with van der Waals surface area (Å²) in [6.07, 6.45) is 1.52. The van der Waals surface area contributed by atoms with E-state index in [4.69, 9.17) is 4.74 Å². The number of rotatable bonds is 5. The van der Waals surface area contributed by atoms with Gasteiger partial charge in [-0.05, 0) is 43.7 Å². The van der Waals surface area contributed by atoms with Gasteiger partial charge in [0.2, 0.25) is 0 Å². The molecule has 3 rings (SSSR count). The molecule has 124 valence electrons. The number of benzene rings is 2. The topological polar surface area (TPSA) is 41.6 Å². The van der Waals surface area contributed by atoms with Gasteiger partial charge < -0.3 is 15.0 Å². The monoisotopic (exact) mass is 322 g/mol. The van der Waals surface area contributed by atoms with E-state index in [0.29, 0.717) is 12.2 Å². The Morgan fingerprint density at radius 3 is 2.58 bits per heavy atom. The summed E-state index contributed by atoms with van der Waals surface area (Å²) >= 11 is 0. The average Bonchev–Trinajstić information content (AvgIpc) is 2.60. The Labute approximate surface area is 142 Å². The van der Waals surface area contributed by atoms with E-state index in [1.165, 1.54) is 0 Å². The highest BCUT2D eigenvalue weighted by molar-refractivity contribution is 6.01. The first-order valence-electron chi connectivity index (χ1n) is 8.13. The van der Waals surface area contributed by atoms with Crippen LogP contribution in [-0.2, 0) is 0 Å². The maximum Gasteiger partial charge on any atom is 0.258 e. The largest absolute Gasteiger partial charge is 0.490 e. The van der Waals surface area contributed by atoms with E-state index < -0.39 is 0 Å². The van der Waals surface area contributed by atoms with E-state index in [-0.39, 0.29) is 18.1 Å². The summed E-state index contributed by atoms with van der Waals surface area (Å²) in [6.45, 7) is 8.18. The summed E-state index contributed by atoms with van der Waals surface area (Å²) in [5.41, 5.74) is 2.61. The lowest BCUT2D eigenvalue weighted by molar-refractivity contribution is 0.0617. The van der Waals surface area contributed by atoms with Crippen molar-refractivity contribution < 1.29 is 9.53 Å². The van der Waals surface area contributed by atoms with Gasteiger partial charge in [-0.25, -0.2) is 0 Å². The Bertz CT molecular complexity index is 738. The van der Waals surface area contributed by atoms with E-state index in [2.05, 4.69) is 11.9 Å². The fourth-order valence-electron chi connectivity index (χ4n) is 2.95. The minimum absolute atomic E-state index is 0.0522. The Balaban J connectivity index is 1.93. The van der Waals surface area contributed by atoms with Gasteiger partial charge >= 0.3 is 0 Å². The summed E-state index contributed by atoms with van der Waals surface area (Å²) in [4.78, 5) is 14.8. The van der Waals surface area contributed by atoms with Crippen molar-refractivity contribution in [2.75, 3.05) is 11.9 Å². The molecule has 1 unspecified atom stereocenters. The van der Waals surface area contributed by atoms with Gasteiger partial charge in [-0.15, -0.1) is 0 Å². The van der Waals surface area contributed by atoms with Crippen LogP contribution in [0, 0.1) is 0 Å². The molecule has 1 atom stereocenters. The number of fused-ring (bicyclic) bond motifs is 1. The summed E-state index contributed by atoms with van der Waals surface area (Å²) in [5.74, 6) is 0.841. The molecule has 0 saturated carbocycles. The lowest BCUT2D eigenvalue weighted by atomic mass is 10.0. The molecule has 0 fully saturated rings. The van der Waals surface area contributed by atoms with Crippen molar-refractivity contribution in [3.8, 4) is 5.75 Å². The molecule has 4 heteroatoms. The van der Waals surface area contributed by atoms with Gasteiger partial charge in [0.25, 0.3) is 5.91 Å². The Kier molecular flexibility index (Phi) is 4.56. The SMILES string of the molecule is C=CCOc1ccc(C2Nc3ccccc3C(=O)N2C(C)C)cc1. The third-order valence-electron chi connectivity index (χ3n) is 4.08. The molecular formula is C20H22N2O2. The van der Waals surface area contributed by atoms with Gasteiger partial charge in [-0.3, -0.25) is 4.79 Å². The zero-order valence-electron chi connectivity index (χ0n) is 14.0. The lowest BCUT2D eigenvalue weighted by Crippen LogP contribution is -2.46. The first-order chi connectivity index (χ1) is 11.6. The molecule has 0 radical (unpaired) electrons. The minimum Gasteiger partial charge on any atom is -0.490 e. The van der Waals surface area contributed by atoms with Crippen LogP contribution in [0.2, 0.25) is 0 Å². The van der Waals surface area contributed by atoms with Gasteiger partial charge in [0.15, 0.2) is 0 Å². The van der Waals surface area contributed by atoms with Crippen LogP contribution in [0.3, 0.4) is 0 Å². The van der Waals surface area contributed by atoms with Crippen LogP contribution < -0.4 is 10.1 Å². The van der Waals surface area contributed by atoms with Crippen LogP contribution in [0.5, 0.6) is 5.75 Å². The minimum atomic E-state index is -0.194. The van der Waals surface area contributed by atoms with Gasteiger partial charge in [-0.2, -0.15) is 0 Å². The highest BCUT2D eigenvalue weighted by Crippen LogP contribution is 2.34. The van der Waals surface area contributed by atoms with Crippen LogP contribution in [0.1, 0.15) is 35.9 Å². The Morgan fingerprint density at radius 1 is 1.21 bits per heavy atom. The van der Waals surface area contributed by atoms with E-state index >= 15 is 0 Å². The van der Waals surface area contributed by atoms with Crippen LogP contribution in [0.15, 0.2) is 61.2 Å². The molecule has 2 aromatic carbocycles. The Morgan fingerprint density at radius 2 is 1.92 bits per heavy atom. The second-order valence-electron chi connectivity index (χ2n) is 6.07. The summed E-state index contributed by atoms with van der Waals surface area (Å²) < 4.78 is 5.53.